The molecule has 2 heteroatoms. The molecule has 10 heavy (non-hydrogen) atoms. The van der Waals surface area contributed by atoms with E-state index in [4.69, 9.17) is 0 Å². The second-order valence-electron chi connectivity index (χ2n) is 2.51. The maximum Gasteiger partial charge on any atom is 0.133 e. The lowest BCUT2D eigenvalue weighted by Crippen LogP contribution is -3.00. The molecule has 0 heterocycles. The lowest BCUT2D eigenvalue weighted by Gasteiger charge is -2.04. The van der Waals surface area contributed by atoms with Gasteiger partial charge < -0.3 is 4.90 Å². The summed E-state index contributed by atoms with van der Waals surface area (Å²) in [6, 6.07) is 6.61. The van der Waals surface area contributed by atoms with Crippen molar-refractivity contribution < 1.29 is 9.29 Å². The van der Waals surface area contributed by atoms with E-state index in [1.807, 2.05) is 20.2 Å². The molecule has 0 radical (unpaired) electrons. The predicted octanol–water partition coefficient (Wildman–Crippen LogP) is 0.602. The highest BCUT2D eigenvalue weighted by Gasteiger charge is 1.99. The second kappa shape index (κ2) is 2.80. The summed E-state index contributed by atoms with van der Waals surface area (Å²) in [6.45, 7) is 0. The summed E-state index contributed by atoms with van der Waals surface area (Å²) < 4.78 is 12.5. The van der Waals surface area contributed by atoms with Crippen LogP contribution in [0.15, 0.2) is 24.3 Å². The summed E-state index contributed by atoms with van der Waals surface area (Å²) in [6.07, 6.45) is 0. The molecule has 1 aromatic rings. The highest BCUT2D eigenvalue weighted by atomic mass is 19.1. The van der Waals surface area contributed by atoms with Gasteiger partial charge in [0.05, 0.1) is 14.1 Å². The van der Waals surface area contributed by atoms with E-state index >= 15 is 0 Å². The van der Waals surface area contributed by atoms with Crippen molar-refractivity contribution in [1.82, 2.24) is 0 Å². The molecule has 0 aromatic heterocycles. The lowest BCUT2D eigenvalue weighted by molar-refractivity contribution is -0.786. The van der Waals surface area contributed by atoms with Gasteiger partial charge >= 0.3 is 0 Å². The van der Waals surface area contributed by atoms with Gasteiger partial charge in [-0.25, -0.2) is 4.39 Å². The van der Waals surface area contributed by atoms with Crippen LogP contribution < -0.4 is 4.90 Å². The van der Waals surface area contributed by atoms with Gasteiger partial charge in [-0.15, -0.1) is 0 Å². The molecule has 0 fully saturated rings. The van der Waals surface area contributed by atoms with Crippen molar-refractivity contribution in [1.29, 1.82) is 0 Å². The third kappa shape index (κ3) is 1.54. The first-order valence-corrected chi connectivity index (χ1v) is 3.26. The Hall–Kier alpha value is -0.890. The molecule has 1 nitrogen and oxygen atoms in total. The van der Waals surface area contributed by atoms with Crippen molar-refractivity contribution in [2.45, 2.75) is 0 Å². The van der Waals surface area contributed by atoms with Crippen molar-refractivity contribution in [3.63, 3.8) is 0 Å². The van der Waals surface area contributed by atoms with Gasteiger partial charge in [-0.3, -0.25) is 0 Å². The zero-order valence-electron chi connectivity index (χ0n) is 6.19. The topological polar surface area (TPSA) is 4.44 Å². The number of hydrogen-bond donors (Lipinski definition) is 1. The minimum absolute atomic E-state index is 0.168. The van der Waals surface area contributed by atoms with E-state index < -0.39 is 0 Å². The highest BCUT2D eigenvalue weighted by molar-refractivity contribution is 5.28. The summed E-state index contributed by atoms with van der Waals surface area (Å²) in [7, 11) is 3.93. The molecule has 0 spiro atoms. The average molecular weight is 140 g/mol. The van der Waals surface area contributed by atoms with Gasteiger partial charge in [0.25, 0.3) is 0 Å². The van der Waals surface area contributed by atoms with Gasteiger partial charge in [-0.05, 0) is 12.1 Å². The molecular formula is C8H11FN+. The van der Waals surface area contributed by atoms with Gasteiger partial charge in [0.1, 0.15) is 11.5 Å². The molecule has 0 amide bonds. The molecule has 0 saturated carbocycles. The van der Waals surface area contributed by atoms with E-state index in [2.05, 4.69) is 0 Å². The molecule has 1 rings (SSSR count). The van der Waals surface area contributed by atoms with Gasteiger partial charge in [0, 0.05) is 6.07 Å². The van der Waals surface area contributed by atoms with Crippen LogP contribution in [0.25, 0.3) is 0 Å². The quantitative estimate of drug-likeness (QED) is 0.582. The number of benzene rings is 1. The molecule has 0 bridgehead atoms. The van der Waals surface area contributed by atoms with Crippen molar-refractivity contribution >= 4 is 5.69 Å². The van der Waals surface area contributed by atoms with Crippen LogP contribution in [-0.2, 0) is 0 Å². The normalized spacial score (nSPS) is 10.4. The SMILES string of the molecule is C[NH+](C)c1cccc(F)c1. The second-order valence-corrected chi connectivity index (χ2v) is 2.51. The fourth-order valence-electron chi connectivity index (χ4n) is 0.799. The van der Waals surface area contributed by atoms with Crippen LogP contribution in [0.2, 0.25) is 0 Å². The van der Waals surface area contributed by atoms with E-state index in [9.17, 15) is 4.39 Å². The Kier molecular flexibility index (Phi) is 2.02. The van der Waals surface area contributed by atoms with Crippen molar-refractivity contribution in [2.24, 2.45) is 0 Å². The minimum atomic E-state index is -0.168. The first-order chi connectivity index (χ1) is 4.70. The zero-order valence-corrected chi connectivity index (χ0v) is 6.19. The van der Waals surface area contributed by atoms with E-state index in [-0.39, 0.29) is 5.82 Å². The molecule has 54 valence electrons. The summed E-state index contributed by atoms with van der Waals surface area (Å²) in [5, 5.41) is 0. The van der Waals surface area contributed by atoms with Gasteiger partial charge in [0.15, 0.2) is 0 Å². The largest absolute Gasteiger partial charge is 0.307 e. The van der Waals surface area contributed by atoms with Crippen LogP contribution in [0.3, 0.4) is 0 Å². The maximum absolute atomic E-state index is 12.5. The standard InChI is InChI=1S/C8H10FN/c1-10(2)8-5-3-4-7(9)6-8/h3-6H,1-2H3/p+1. The smallest absolute Gasteiger partial charge is 0.133 e. The Bertz CT molecular complexity index is 220. The maximum atomic E-state index is 12.5. The molecule has 0 atom stereocenters. The van der Waals surface area contributed by atoms with Gasteiger partial charge in [-0.1, -0.05) is 6.07 Å². The van der Waals surface area contributed by atoms with Crippen LogP contribution in [0.1, 0.15) is 0 Å². The van der Waals surface area contributed by atoms with Gasteiger partial charge in [0.2, 0.25) is 0 Å². The Balaban J connectivity index is 2.96. The predicted molar refractivity (Wildman–Crippen MR) is 38.9 cm³/mol. The van der Waals surface area contributed by atoms with E-state index in [0.717, 1.165) is 10.6 Å². The Morgan fingerprint density at radius 3 is 2.40 bits per heavy atom. The molecular weight excluding hydrogens is 129 g/mol. The fraction of sp³-hybridized carbons (Fsp3) is 0.250. The summed E-state index contributed by atoms with van der Waals surface area (Å²) in [5.41, 5.74) is 0.972. The lowest BCUT2D eigenvalue weighted by atomic mass is 10.3. The molecule has 0 aliphatic heterocycles. The third-order valence-corrected chi connectivity index (χ3v) is 1.40. The molecule has 1 N–H and O–H groups in total. The van der Waals surface area contributed by atoms with Crippen LogP contribution >= 0.6 is 0 Å². The van der Waals surface area contributed by atoms with Crippen molar-refractivity contribution in [3.05, 3.63) is 30.1 Å². The number of hydrogen-bond acceptors (Lipinski definition) is 0. The molecule has 0 unspecified atom stereocenters. The Labute approximate surface area is 60.1 Å². The van der Waals surface area contributed by atoms with Gasteiger partial charge in [-0.2, -0.15) is 0 Å². The molecule has 1 aromatic carbocycles. The molecule has 0 aliphatic rings. The molecule has 0 aliphatic carbocycles. The highest BCUT2D eigenvalue weighted by Crippen LogP contribution is 2.02. The van der Waals surface area contributed by atoms with Crippen LogP contribution in [-0.4, -0.2) is 14.1 Å². The Morgan fingerprint density at radius 2 is 2.00 bits per heavy atom. The number of nitrogens with one attached hydrogen (secondary N) is 1. The first-order valence-electron chi connectivity index (χ1n) is 3.26. The van der Waals surface area contributed by atoms with E-state index in [1.54, 1.807) is 6.07 Å². The van der Waals surface area contributed by atoms with E-state index in [0.29, 0.717) is 0 Å². The summed E-state index contributed by atoms with van der Waals surface area (Å²) in [4.78, 5) is 1.14. The van der Waals surface area contributed by atoms with E-state index in [1.165, 1.54) is 12.1 Å². The van der Waals surface area contributed by atoms with Crippen LogP contribution in [0.4, 0.5) is 10.1 Å². The fourth-order valence-corrected chi connectivity index (χ4v) is 0.799. The first kappa shape index (κ1) is 7.22. The van der Waals surface area contributed by atoms with Crippen molar-refractivity contribution in [3.8, 4) is 0 Å². The number of quaternary nitrogens is 1. The van der Waals surface area contributed by atoms with Crippen LogP contribution in [0, 0.1) is 5.82 Å². The minimum Gasteiger partial charge on any atom is -0.307 e. The summed E-state index contributed by atoms with van der Waals surface area (Å²) in [5.74, 6) is -0.168. The van der Waals surface area contributed by atoms with Crippen molar-refractivity contribution in [2.75, 3.05) is 14.1 Å². The number of halogens is 1. The monoisotopic (exact) mass is 140 g/mol. The van der Waals surface area contributed by atoms with Crippen LogP contribution in [0.5, 0.6) is 0 Å². The summed E-state index contributed by atoms with van der Waals surface area (Å²) >= 11 is 0. The number of rotatable bonds is 1. The Morgan fingerprint density at radius 1 is 1.30 bits per heavy atom. The average Bonchev–Trinajstić information content (AvgIpc) is 1.88. The molecule has 0 saturated heterocycles. The zero-order chi connectivity index (χ0) is 7.56. The third-order valence-electron chi connectivity index (χ3n) is 1.40.